The molecule has 12 heavy (non-hydrogen) atoms. The summed E-state index contributed by atoms with van der Waals surface area (Å²) in [5.74, 6) is 5.03. The zero-order valence-corrected chi connectivity index (χ0v) is 6.42. The maximum atomic E-state index is 12.1. The fourth-order valence-corrected chi connectivity index (χ4v) is 0.754. The highest BCUT2D eigenvalue weighted by molar-refractivity contribution is 5.28. The van der Waals surface area contributed by atoms with Gasteiger partial charge >= 0.3 is 0 Å². The molecule has 1 heterocycles. The van der Waals surface area contributed by atoms with Crippen LogP contribution in [0.2, 0.25) is 0 Å². The fourth-order valence-electron chi connectivity index (χ4n) is 0.754. The van der Waals surface area contributed by atoms with E-state index in [4.69, 9.17) is 5.11 Å². The summed E-state index contributed by atoms with van der Waals surface area (Å²) in [5.41, 5.74) is 0.846. The maximum Gasteiger partial charge on any atom is 0.131 e. The second kappa shape index (κ2) is 4.47. The molecule has 1 N–H and O–H groups in total. The van der Waals surface area contributed by atoms with Gasteiger partial charge in [-0.05, 0) is 18.1 Å². The number of aliphatic hydroxyl groups is 1. The van der Waals surface area contributed by atoms with E-state index >= 15 is 0 Å². The lowest BCUT2D eigenvalue weighted by molar-refractivity contribution is 0.350. The highest BCUT2D eigenvalue weighted by Gasteiger charge is 1.92. The Labute approximate surface area is 70.1 Å². The molecule has 1 aromatic heterocycles. The third-order valence-corrected chi connectivity index (χ3v) is 1.24. The van der Waals surface area contributed by atoms with Gasteiger partial charge in [-0.15, -0.1) is 0 Å². The number of halogens is 1. The van der Waals surface area contributed by atoms with Gasteiger partial charge in [0.15, 0.2) is 0 Å². The molecule has 0 saturated heterocycles. The molecule has 0 aliphatic carbocycles. The van der Waals surface area contributed by atoms with Crippen molar-refractivity contribution >= 4 is 0 Å². The SMILES string of the molecule is OCC#Cc1cccc(CF)n1. The predicted octanol–water partition coefficient (Wildman–Crippen LogP) is 0.895. The highest BCUT2D eigenvalue weighted by atomic mass is 19.1. The van der Waals surface area contributed by atoms with Crippen LogP contribution in [-0.2, 0) is 6.67 Å². The van der Waals surface area contributed by atoms with Crippen LogP contribution in [0.15, 0.2) is 18.2 Å². The quantitative estimate of drug-likeness (QED) is 0.627. The standard InChI is InChI=1S/C9H8FNO/c10-7-9-4-1-3-8(11-9)5-2-6-12/h1,3-4,12H,6-7H2. The van der Waals surface area contributed by atoms with E-state index in [1.807, 2.05) is 0 Å². The van der Waals surface area contributed by atoms with Crippen LogP contribution in [0.5, 0.6) is 0 Å². The topological polar surface area (TPSA) is 33.1 Å². The first kappa shape index (κ1) is 8.69. The van der Waals surface area contributed by atoms with Crippen LogP contribution >= 0.6 is 0 Å². The van der Waals surface area contributed by atoms with E-state index in [0.29, 0.717) is 11.4 Å². The van der Waals surface area contributed by atoms with Crippen LogP contribution in [0, 0.1) is 11.8 Å². The van der Waals surface area contributed by atoms with Crippen molar-refractivity contribution in [3.05, 3.63) is 29.6 Å². The van der Waals surface area contributed by atoms with Crippen LogP contribution in [0.4, 0.5) is 4.39 Å². The normalized spacial score (nSPS) is 8.83. The number of nitrogens with zero attached hydrogens (tertiary/aromatic N) is 1. The Kier molecular flexibility index (Phi) is 3.24. The molecule has 0 saturated carbocycles. The van der Waals surface area contributed by atoms with Crippen LogP contribution in [0.3, 0.4) is 0 Å². The van der Waals surface area contributed by atoms with Crippen LogP contribution in [0.1, 0.15) is 11.4 Å². The molecule has 0 fully saturated rings. The number of rotatable bonds is 1. The molecule has 0 atom stereocenters. The van der Waals surface area contributed by atoms with Gasteiger partial charge in [0.05, 0.1) is 5.69 Å². The van der Waals surface area contributed by atoms with E-state index in [2.05, 4.69) is 16.8 Å². The smallest absolute Gasteiger partial charge is 0.131 e. The molecule has 3 heteroatoms. The Morgan fingerprint density at radius 2 is 2.33 bits per heavy atom. The number of alkyl halides is 1. The van der Waals surface area contributed by atoms with Gasteiger partial charge in [0.1, 0.15) is 19.0 Å². The van der Waals surface area contributed by atoms with E-state index in [1.54, 1.807) is 18.2 Å². The van der Waals surface area contributed by atoms with Crippen molar-refractivity contribution in [3.63, 3.8) is 0 Å². The molecule has 1 aromatic rings. The average molecular weight is 165 g/mol. The van der Waals surface area contributed by atoms with Crippen molar-refractivity contribution in [1.82, 2.24) is 4.98 Å². The Morgan fingerprint density at radius 1 is 1.50 bits per heavy atom. The zero-order valence-electron chi connectivity index (χ0n) is 6.42. The summed E-state index contributed by atoms with van der Waals surface area (Å²) in [6.45, 7) is -0.795. The molecule has 62 valence electrons. The minimum Gasteiger partial charge on any atom is -0.384 e. The Morgan fingerprint density at radius 3 is 3.00 bits per heavy atom. The fraction of sp³-hybridized carbons (Fsp3) is 0.222. The van der Waals surface area contributed by atoms with E-state index < -0.39 is 6.67 Å². The maximum absolute atomic E-state index is 12.1. The van der Waals surface area contributed by atoms with Crippen molar-refractivity contribution < 1.29 is 9.50 Å². The van der Waals surface area contributed by atoms with E-state index in [-0.39, 0.29) is 6.61 Å². The van der Waals surface area contributed by atoms with Gasteiger partial charge in [-0.25, -0.2) is 9.37 Å². The summed E-state index contributed by atoms with van der Waals surface area (Å²) in [6.07, 6.45) is 0. The molecule has 0 aliphatic heterocycles. The minimum atomic E-state index is -0.589. The first-order valence-corrected chi connectivity index (χ1v) is 3.48. The van der Waals surface area contributed by atoms with Gasteiger partial charge in [-0.3, -0.25) is 0 Å². The third-order valence-electron chi connectivity index (χ3n) is 1.24. The Balaban J connectivity index is 2.86. The van der Waals surface area contributed by atoms with Crippen molar-refractivity contribution in [2.24, 2.45) is 0 Å². The lowest BCUT2D eigenvalue weighted by Crippen LogP contribution is -1.88. The molecular formula is C9H8FNO. The Bertz CT molecular complexity index is 314. The molecule has 0 aromatic carbocycles. The van der Waals surface area contributed by atoms with E-state index in [1.165, 1.54) is 0 Å². The lowest BCUT2D eigenvalue weighted by Gasteiger charge is -1.92. The summed E-state index contributed by atoms with van der Waals surface area (Å²) >= 11 is 0. The van der Waals surface area contributed by atoms with Gasteiger partial charge in [-0.2, -0.15) is 0 Å². The predicted molar refractivity (Wildman–Crippen MR) is 43.0 cm³/mol. The van der Waals surface area contributed by atoms with Crippen LogP contribution in [-0.4, -0.2) is 16.7 Å². The molecule has 0 radical (unpaired) electrons. The average Bonchev–Trinajstić information content (AvgIpc) is 2.15. The zero-order chi connectivity index (χ0) is 8.81. The molecule has 0 unspecified atom stereocenters. The molecule has 0 bridgehead atoms. The van der Waals surface area contributed by atoms with Crippen molar-refractivity contribution in [1.29, 1.82) is 0 Å². The first-order valence-electron chi connectivity index (χ1n) is 3.48. The van der Waals surface area contributed by atoms with Crippen molar-refractivity contribution in [2.75, 3.05) is 6.61 Å². The lowest BCUT2D eigenvalue weighted by atomic mass is 10.3. The van der Waals surface area contributed by atoms with Crippen molar-refractivity contribution in [2.45, 2.75) is 6.67 Å². The highest BCUT2D eigenvalue weighted by Crippen LogP contribution is 1.99. The number of hydrogen-bond donors (Lipinski definition) is 1. The largest absolute Gasteiger partial charge is 0.384 e. The minimum absolute atomic E-state index is 0.207. The van der Waals surface area contributed by atoms with Gasteiger partial charge in [0, 0.05) is 0 Å². The van der Waals surface area contributed by atoms with Crippen molar-refractivity contribution in [3.8, 4) is 11.8 Å². The summed E-state index contributed by atoms with van der Waals surface area (Å²) in [7, 11) is 0. The number of aromatic nitrogens is 1. The molecule has 1 rings (SSSR count). The molecule has 0 amide bonds. The molecular weight excluding hydrogens is 157 g/mol. The molecule has 2 nitrogen and oxygen atoms in total. The molecule has 0 aliphatic rings. The number of pyridine rings is 1. The number of hydrogen-bond acceptors (Lipinski definition) is 2. The van der Waals surface area contributed by atoms with Crippen LogP contribution < -0.4 is 0 Å². The second-order valence-corrected chi connectivity index (χ2v) is 2.11. The summed E-state index contributed by atoms with van der Waals surface area (Å²) in [4.78, 5) is 3.87. The van der Waals surface area contributed by atoms with Gasteiger partial charge in [-0.1, -0.05) is 12.0 Å². The summed E-state index contributed by atoms with van der Waals surface area (Å²) in [6, 6.07) is 4.94. The summed E-state index contributed by atoms with van der Waals surface area (Å²) < 4.78 is 12.1. The molecule has 0 spiro atoms. The first-order chi connectivity index (χ1) is 5.86. The summed E-state index contributed by atoms with van der Waals surface area (Å²) in [5, 5.41) is 8.38. The van der Waals surface area contributed by atoms with Gasteiger partial charge < -0.3 is 5.11 Å². The van der Waals surface area contributed by atoms with Crippen LogP contribution in [0.25, 0.3) is 0 Å². The number of aliphatic hydroxyl groups excluding tert-OH is 1. The van der Waals surface area contributed by atoms with E-state index in [0.717, 1.165) is 0 Å². The monoisotopic (exact) mass is 165 g/mol. The van der Waals surface area contributed by atoms with Gasteiger partial charge in [0.2, 0.25) is 0 Å². The second-order valence-electron chi connectivity index (χ2n) is 2.11. The van der Waals surface area contributed by atoms with Gasteiger partial charge in [0.25, 0.3) is 0 Å². The Hall–Kier alpha value is -1.40. The van der Waals surface area contributed by atoms with E-state index in [9.17, 15) is 4.39 Å². The third kappa shape index (κ3) is 2.33.